The zero-order chi connectivity index (χ0) is 15.3. The Hall–Kier alpha value is -2.31. The summed E-state index contributed by atoms with van der Waals surface area (Å²) in [5.74, 6) is -3.04. The molecule has 114 valence electrons. The Morgan fingerprint density at radius 3 is 2.55 bits per heavy atom. The monoisotopic (exact) mass is 303 g/mol. The molecule has 2 atom stereocenters. The summed E-state index contributed by atoms with van der Waals surface area (Å²) in [5.41, 5.74) is 8.04. The van der Waals surface area contributed by atoms with Crippen molar-refractivity contribution in [1.82, 2.24) is 9.97 Å². The van der Waals surface area contributed by atoms with E-state index in [4.69, 9.17) is 5.73 Å². The molecule has 0 aromatic carbocycles. The number of anilines is 1. The first-order valence-corrected chi connectivity index (χ1v) is 7.20. The first-order valence-electron chi connectivity index (χ1n) is 7.20. The Bertz CT molecular complexity index is 678. The van der Waals surface area contributed by atoms with E-state index in [0.29, 0.717) is 25.5 Å². The normalized spacial score (nSPS) is 28.7. The molecule has 22 heavy (non-hydrogen) atoms. The van der Waals surface area contributed by atoms with Gasteiger partial charge in [0.2, 0.25) is 5.95 Å². The molecule has 2 N–H and O–H groups in total. The van der Waals surface area contributed by atoms with E-state index < -0.39 is 17.8 Å². The lowest BCUT2D eigenvalue weighted by atomic mass is 10.2. The van der Waals surface area contributed by atoms with Gasteiger partial charge in [0.05, 0.1) is 17.5 Å². The number of fused-ring (bicyclic) bond motifs is 1. The van der Waals surface area contributed by atoms with Crippen molar-refractivity contribution in [2.75, 3.05) is 18.0 Å². The predicted molar refractivity (Wildman–Crippen MR) is 79.5 cm³/mol. The Kier molecular flexibility index (Phi) is 2.79. The SMILES string of the molecule is NC1=CC=NC(c2cnc(N3CC4C(C3)C4(F)F)nc2)=CC1. The van der Waals surface area contributed by atoms with E-state index in [1.165, 1.54) is 0 Å². The molecule has 0 radical (unpaired) electrons. The van der Waals surface area contributed by atoms with Crippen LogP contribution in [0.1, 0.15) is 12.0 Å². The second-order valence-electron chi connectivity index (χ2n) is 5.88. The Morgan fingerprint density at radius 1 is 1.18 bits per heavy atom. The lowest BCUT2D eigenvalue weighted by Crippen LogP contribution is -2.28. The van der Waals surface area contributed by atoms with E-state index in [-0.39, 0.29) is 0 Å². The summed E-state index contributed by atoms with van der Waals surface area (Å²) in [7, 11) is 0. The van der Waals surface area contributed by atoms with E-state index in [2.05, 4.69) is 15.0 Å². The van der Waals surface area contributed by atoms with Crippen LogP contribution >= 0.6 is 0 Å². The number of alkyl halides is 2. The van der Waals surface area contributed by atoms with E-state index in [1.54, 1.807) is 24.7 Å². The van der Waals surface area contributed by atoms with Gasteiger partial charge in [-0.05, 0) is 6.08 Å². The number of aromatic nitrogens is 2. The smallest absolute Gasteiger partial charge is 0.258 e. The van der Waals surface area contributed by atoms with Crippen LogP contribution in [0.5, 0.6) is 0 Å². The lowest BCUT2D eigenvalue weighted by molar-refractivity contribution is 0.0796. The second kappa shape index (κ2) is 4.59. The molecular formula is C15H15F2N5. The van der Waals surface area contributed by atoms with E-state index in [0.717, 1.165) is 17.0 Å². The number of nitrogens with two attached hydrogens (primary N) is 1. The molecule has 0 bridgehead atoms. The number of aliphatic imine (C=N–C) groups is 1. The third-order valence-electron chi connectivity index (χ3n) is 4.45. The molecule has 2 aliphatic heterocycles. The number of allylic oxidation sites excluding steroid dienone is 2. The standard InChI is InChI=1S/C15H15F2N5/c16-15(17)11-7-22(8-12(11)15)14-20-5-9(6-21-14)13-2-1-10(18)3-4-19-13/h2-6,11-12H,1,7-8,18H2. The molecule has 7 heteroatoms. The van der Waals surface area contributed by atoms with Crippen molar-refractivity contribution in [3.8, 4) is 0 Å². The highest BCUT2D eigenvalue weighted by molar-refractivity contribution is 5.81. The highest BCUT2D eigenvalue weighted by Gasteiger charge is 2.71. The van der Waals surface area contributed by atoms with Crippen molar-refractivity contribution >= 4 is 17.9 Å². The highest BCUT2D eigenvalue weighted by Crippen LogP contribution is 2.59. The maximum absolute atomic E-state index is 13.2. The summed E-state index contributed by atoms with van der Waals surface area (Å²) in [5, 5.41) is 0. The number of piperidine rings is 1. The maximum Gasteiger partial charge on any atom is 0.258 e. The Balaban J connectivity index is 1.48. The summed E-state index contributed by atoms with van der Waals surface area (Å²) in [6, 6.07) is 0. The van der Waals surface area contributed by atoms with Crippen LogP contribution in [-0.2, 0) is 0 Å². The van der Waals surface area contributed by atoms with Crippen LogP contribution < -0.4 is 10.6 Å². The van der Waals surface area contributed by atoms with Gasteiger partial charge < -0.3 is 10.6 Å². The number of halogens is 2. The molecule has 3 heterocycles. The first-order chi connectivity index (χ1) is 10.6. The van der Waals surface area contributed by atoms with Gasteiger partial charge in [0.15, 0.2) is 0 Å². The van der Waals surface area contributed by atoms with Crippen LogP contribution in [0.25, 0.3) is 5.70 Å². The molecule has 5 nitrogen and oxygen atoms in total. The molecule has 4 rings (SSSR count). The molecule has 1 aliphatic carbocycles. The van der Waals surface area contributed by atoms with Crippen LogP contribution in [0.2, 0.25) is 0 Å². The number of nitrogens with zero attached hydrogens (tertiary/aromatic N) is 4. The van der Waals surface area contributed by atoms with E-state index in [9.17, 15) is 8.78 Å². The van der Waals surface area contributed by atoms with E-state index >= 15 is 0 Å². The summed E-state index contributed by atoms with van der Waals surface area (Å²) in [4.78, 5) is 14.7. The number of hydrogen-bond acceptors (Lipinski definition) is 5. The van der Waals surface area contributed by atoms with Crippen molar-refractivity contribution in [2.24, 2.45) is 22.6 Å². The van der Waals surface area contributed by atoms with E-state index in [1.807, 2.05) is 11.0 Å². The fraction of sp³-hybridized carbons (Fsp3) is 0.400. The van der Waals surface area contributed by atoms with Crippen molar-refractivity contribution in [3.63, 3.8) is 0 Å². The third kappa shape index (κ3) is 2.08. The van der Waals surface area contributed by atoms with Crippen molar-refractivity contribution < 1.29 is 8.78 Å². The summed E-state index contributed by atoms with van der Waals surface area (Å²) < 4.78 is 26.4. The fourth-order valence-corrected chi connectivity index (χ4v) is 3.03. The highest BCUT2D eigenvalue weighted by atomic mass is 19.3. The summed E-state index contributed by atoms with van der Waals surface area (Å²) in [6.45, 7) is 0.663. The minimum Gasteiger partial charge on any atom is -0.402 e. The lowest BCUT2D eigenvalue weighted by Gasteiger charge is -2.19. The Morgan fingerprint density at radius 2 is 1.86 bits per heavy atom. The van der Waals surface area contributed by atoms with Crippen LogP contribution in [0, 0.1) is 11.8 Å². The van der Waals surface area contributed by atoms with Gasteiger partial charge in [0, 0.05) is 49.4 Å². The average Bonchev–Trinajstić information content (AvgIpc) is 2.86. The minimum absolute atomic E-state index is 0.332. The van der Waals surface area contributed by atoms with Gasteiger partial charge in [0.25, 0.3) is 5.92 Å². The maximum atomic E-state index is 13.2. The molecule has 2 unspecified atom stereocenters. The van der Waals surface area contributed by atoms with Crippen molar-refractivity contribution in [2.45, 2.75) is 12.3 Å². The van der Waals surface area contributed by atoms with Gasteiger partial charge in [-0.2, -0.15) is 0 Å². The molecule has 3 aliphatic rings. The van der Waals surface area contributed by atoms with Crippen LogP contribution in [0.15, 0.2) is 35.2 Å². The quantitative estimate of drug-likeness (QED) is 0.905. The predicted octanol–water partition coefficient (Wildman–Crippen LogP) is 1.84. The molecular weight excluding hydrogens is 288 g/mol. The van der Waals surface area contributed by atoms with Gasteiger partial charge in [-0.1, -0.05) is 6.08 Å². The zero-order valence-electron chi connectivity index (χ0n) is 11.8. The average molecular weight is 303 g/mol. The summed E-state index contributed by atoms with van der Waals surface area (Å²) >= 11 is 0. The van der Waals surface area contributed by atoms with Gasteiger partial charge in [-0.15, -0.1) is 0 Å². The zero-order valence-corrected chi connectivity index (χ0v) is 11.8. The van der Waals surface area contributed by atoms with Crippen LogP contribution in [0.4, 0.5) is 14.7 Å². The minimum atomic E-state index is -2.48. The van der Waals surface area contributed by atoms with Gasteiger partial charge in [0.1, 0.15) is 0 Å². The van der Waals surface area contributed by atoms with Crippen LogP contribution in [-0.4, -0.2) is 35.2 Å². The molecule has 0 spiro atoms. The van der Waals surface area contributed by atoms with Crippen LogP contribution in [0.3, 0.4) is 0 Å². The molecule has 2 fully saturated rings. The fourth-order valence-electron chi connectivity index (χ4n) is 3.03. The van der Waals surface area contributed by atoms with Gasteiger partial charge in [-0.25, -0.2) is 18.7 Å². The number of hydrogen-bond donors (Lipinski definition) is 1. The Labute approximate surface area is 126 Å². The molecule has 0 amide bonds. The summed E-state index contributed by atoms with van der Waals surface area (Å²) in [6.07, 6.45) is 9.30. The number of rotatable bonds is 2. The molecule has 1 aromatic heterocycles. The second-order valence-corrected chi connectivity index (χ2v) is 5.88. The molecule has 1 aromatic rings. The third-order valence-corrected chi connectivity index (χ3v) is 4.45. The molecule has 1 saturated heterocycles. The van der Waals surface area contributed by atoms with Crippen molar-refractivity contribution in [3.05, 3.63) is 35.8 Å². The topological polar surface area (TPSA) is 67.4 Å². The van der Waals surface area contributed by atoms with Gasteiger partial charge >= 0.3 is 0 Å². The molecule has 1 saturated carbocycles. The first kappa shape index (κ1) is 13.4. The van der Waals surface area contributed by atoms with Gasteiger partial charge in [-0.3, -0.25) is 4.99 Å². The largest absolute Gasteiger partial charge is 0.402 e. The van der Waals surface area contributed by atoms with Crippen molar-refractivity contribution in [1.29, 1.82) is 0 Å².